The molecule has 0 radical (unpaired) electrons. The van der Waals surface area contributed by atoms with Gasteiger partial charge in [-0.1, -0.05) is 37.3 Å². The number of aliphatic hydroxyl groups excluding tert-OH is 1. The van der Waals surface area contributed by atoms with E-state index in [1.54, 1.807) is 6.92 Å². The Balaban J connectivity index is 1.64. The van der Waals surface area contributed by atoms with Crippen molar-refractivity contribution in [2.45, 2.75) is 32.5 Å². The Bertz CT molecular complexity index is 1110. The Hall–Kier alpha value is -3.39. The van der Waals surface area contributed by atoms with Gasteiger partial charge in [-0.3, -0.25) is 9.79 Å². The highest BCUT2D eigenvalue weighted by Gasteiger charge is 2.58. The number of β-lactam (4-membered cyclic amide) rings is 1. The van der Waals surface area contributed by atoms with Gasteiger partial charge in [-0.15, -0.1) is 0 Å². The Morgan fingerprint density at radius 2 is 2.03 bits per heavy atom. The lowest BCUT2D eigenvalue weighted by Crippen LogP contribution is -2.64. The smallest absolute Gasteiger partial charge is 0.235 e. The van der Waals surface area contributed by atoms with E-state index in [4.69, 9.17) is 10.5 Å². The number of carboxylic acid groups (broad SMARTS) is 1. The molecule has 8 nitrogen and oxygen atoms in total. The monoisotopic (exact) mass is 422 g/mol. The van der Waals surface area contributed by atoms with Crippen molar-refractivity contribution in [2.24, 2.45) is 22.6 Å². The number of aliphatic carboxylic acids is 1. The third kappa shape index (κ3) is 3.33. The van der Waals surface area contributed by atoms with E-state index in [1.807, 2.05) is 43.3 Å². The standard InChI is InChI=1S/C23H25N3O5/c1-12-17(21(23(29)30)26-20(12)19(13(2)27)22(26)28)10-31-18-8-4-6-15-14(9-25-11-24)5-3-7-16(15)18/h3-8,11-13,19-20,27H,9-10H2,1-2H3,(H2,24,25)(H,29,30)/p-1/t12-,13+,19+,20+/m0/s1. The summed E-state index contributed by atoms with van der Waals surface area (Å²) < 4.78 is 6.06. The van der Waals surface area contributed by atoms with Crippen LogP contribution in [0.1, 0.15) is 19.4 Å². The number of carboxylic acids is 1. The molecule has 2 aliphatic rings. The van der Waals surface area contributed by atoms with Crippen LogP contribution in [-0.4, -0.2) is 47.0 Å². The molecular formula is C23H24N3O5-. The van der Waals surface area contributed by atoms with Gasteiger partial charge in [0.05, 0.1) is 42.6 Å². The second kappa shape index (κ2) is 8.03. The molecule has 0 aromatic heterocycles. The average molecular weight is 422 g/mol. The maximum absolute atomic E-state index is 12.4. The van der Waals surface area contributed by atoms with Gasteiger partial charge in [0.1, 0.15) is 12.4 Å². The molecule has 1 saturated heterocycles. The molecule has 0 aliphatic carbocycles. The molecule has 8 heteroatoms. The first-order valence-corrected chi connectivity index (χ1v) is 10.2. The quantitative estimate of drug-likeness (QED) is 0.381. The van der Waals surface area contributed by atoms with Crippen molar-refractivity contribution in [1.29, 1.82) is 0 Å². The molecular weight excluding hydrogens is 398 g/mol. The summed E-state index contributed by atoms with van der Waals surface area (Å²) in [5.74, 6) is -2.10. The van der Waals surface area contributed by atoms with E-state index in [2.05, 4.69) is 4.99 Å². The van der Waals surface area contributed by atoms with Gasteiger partial charge in [0, 0.05) is 11.3 Å². The highest BCUT2D eigenvalue weighted by atomic mass is 16.5. The van der Waals surface area contributed by atoms with Crippen molar-refractivity contribution in [3.8, 4) is 5.75 Å². The number of carbonyl (C=O) groups is 2. The van der Waals surface area contributed by atoms with E-state index in [0.717, 1.165) is 16.3 Å². The average Bonchev–Trinajstić information content (AvgIpc) is 2.98. The van der Waals surface area contributed by atoms with Crippen molar-refractivity contribution in [1.82, 2.24) is 4.90 Å². The van der Waals surface area contributed by atoms with Crippen LogP contribution >= 0.6 is 0 Å². The first-order chi connectivity index (χ1) is 14.9. The molecule has 0 spiro atoms. The second-order valence-electron chi connectivity index (χ2n) is 7.96. The fourth-order valence-electron chi connectivity index (χ4n) is 4.74. The predicted molar refractivity (Wildman–Crippen MR) is 113 cm³/mol. The van der Waals surface area contributed by atoms with Crippen LogP contribution in [0.25, 0.3) is 10.8 Å². The summed E-state index contributed by atoms with van der Waals surface area (Å²) in [6.07, 6.45) is 0.409. The van der Waals surface area contributed by atoms with Crippen molar-refractivity contribution < 1.29 is 24.5 Å². The van der Waals surface area contributed by atoms with Crippen molar-refractivity contribution in [3.63, 3.8) is 0 Å². The van der Waals surface area contributed by atoms with Crippen LogP contribution < -0.4 is 15.6 Å². The Kier molecular flexibility index (Phi) is 5.41. The van der Waals surface area contributed by atoms with Gasteiger partial charge in [0.25, 0.3) is 0 Å². The van der Waals surface area contributed by atoms with Gasteiger partial charge >= 0.3 is 0 Å². The van der Waals surface area contributed by atoms with Gasteiger partial charge in [-0.05, 0) is 29.5 Å². The first kappa shape index (κ1) is 20.9. The van der Waals surface area contributed by atoms with Crippen molar-refractivity contribution >= 4 is 29.0 Å². The van der Waals surface area contributed by atoms with Gasteiger partial charge in [-0.25, -0.2) is 0 Å². The molecule has 2 aromatic carbocycles. The number of benzene rings is 2. The summed E-state index contributed by atoms with van der Waals surface area (Å²) in [6, 6.07) is 11.0. The van der Waals surface area contributed by atoms with Crippen LogP contribution in [-0.2, 0) is 16.1 Å². The van der Waals surface area contributed by atoms with Gasteiger partial charge in [0.2, 0.25) is 5.91 Å². The van der Waals surface area contributed by atoms with E-state index in [9.17, 15) is 19.8 Å². The molecule has 4 rings (SSSR count). The summed E-state index contributed by atoms with van der Waals surface area (Å²) >= 11 is 0. The Morgan fingerprint density at radius 3 is 2.71 bits per heavy atom. The number of aliphatic hydroxyl groups is 1. The number of ether oxygens (including phenoxy) is 1. The summed E-state index contributed by atoms with van der Waals surface area (Å²) in [4.78, 5) is 29.6. The van der Waals surface area contributed by atoms with Gasteiger partial charge in [-0.2, -0.15) is 0 Å². The summed E-state index contributed by atoms with van der Waals surface area (Å²) in [5, 5.41) is 23.6. The van der Waals surface area contributed by atoms with E-state index in [0.29, 0.717) is 17.9 Å². The van der Waals surface area contributed by atoms with E-state index in [-0.39, 0.29) is 18.2 Å². The first-order valence-electron chi connectivity index (χ1n) is 10.2. The number of nitrogens with zero attached hydrogens (tertiary/aromatic N) is 2. The molecule has 2 aliphatic heterocycles. The largest absolute Gasteiger partial charge is 0.543 e. The summed E-state index contributed by atoms with van der Waals surface area (Å²) in [6.45, 7) is 3.83. The number of amides is 1. The normalized spacial score (nSPS) is 23.9. The zero-order valence-corrected chi connectivity index (χ0v) is 17.3. The van der Waals surface area contributed by atoms with E-state index in [1.165, 1.54) is 11.2 Å². The Morgan fingerprint density at radius 1 is 1.32 bits per heavy atom. The number of hydrogen-bond donors (Lipinski definition) is 2. The molecule has 3 N–H and O–H groups in total. The van der Waals surface area contributed by atoms with Crippen LogP contribution in [0.15, 0.2) is 52.7 Å². The number of nitrogens with two attached hydrogens (primary N) is 1. The second-order valence-corrected chi connectivity index (χ2v) is 7.96. The minimum Gasteiger partial charge on any atom is -0.543 e. The number of fused-ring (bicyclic) bond motifs is 2. The lowest BCUT2D eigenvalue weighted by atomic mass is 9.78. The number of carbonyl (C=O) groups excluding carboxylic acids is 2. The highest BCUT2D eigenvalue weighted by molar-refractivity contribution is 5.99. The third-order valence-electron chi connectivity index (χ3n) is 6.23. The number of rotatable bonds is 7. The fourth-order valence-corrected chi connectivity index (χ4v) is 4.74. The zero-order valence-electron chi connectivity index (χ0n) is 17.3. The molecule has 2 heterocycles. The summed E-state index contributed by atoms with van der Waals surface area (Å²) in [7, 11) is 0. The lowest BCUT2D eigenvalue weighted by Gasteiger charge is -2.47. The maximum atomic E-state index is 12.4. The third-order valence-corrected chi connectivity index (χ3v) is 6.23. The molecule has 162 valence electrons. The topological polar surface area (TPSA) is 128 Å². The van der Waals surface area contributed by atoms with Crippen molar-refractivity contribution in [3.05, 3.63) is 53.2 Å². The number of hydrogen-bond acceptors (Lipinski definition) is 6. The highest BCUT2D eigenvalue weighted by Crippen LogP contribution is 2.47. The van der Waals surface area contributed by atoms with Crippen LogP contribution in [0.3, 0.4) is 0 Å². The fraction of sp³-hybridized carbons (Fsp3) is 0.348. The van der Waals surface area contributed by atoms with Crippen LogP contribution in [0.4, 0.5) is 0 Å². The molecule has 0 unspecified atom stereocenters. The molecule has 0 bridgehead atoms. The van der Waals surface area contributed by atoms with Crippen molar-refractivity contribution in [2.75, 3.05) is 6.61 Å². The van der Waals surface area contributed by atoms with E-state index >= 15 is 0 Å². The molecule has 1 amide bonds. The molecule has 2 aromatic rings. The van der Waals surface area contributed by atoms with E-state index < -0.39 is 29.9 Å². The molecule has 1 fully saturated rings. The molecule has 0 saturated carbocycles. The number of aliphatic imine (C=N–C) groups is 1. The predicted octanol–water partition coefficient (Wildman–Crippen LogP) is 0.567. The van der Waals surface area contributed by atoms with Crippen LogP contribution in [0, 0.1) is 11.8 Å². The Labute approximate surface area is 179 Å². The minimum atomic E-state index is -1.41. The van der Waals surface area contributed by atoms with Crippen LogP contribution in [0.5, 0.6) is 5.75 Å². The summed E-state index contributed by atoms with van der Waals surface area (Å²) in [5.41, 5.74) is 6.70. The van der Waals surface area contributed by atoms with Crippen LogP contribution in [0.2, 0.25) is 0 Å². The van der Waals surface area contributed by atoms with Gasteiger partial charge in [0.15, 0.2) is 0 Å². The molecule has 31 heavy (non-hydrogen) atoms. The maximum Gasteiger partial charge on any atom is 0.235 e. The van der Waals surface area contributed by atoms with Gasteiger partial charge < -0.3 is 30.4 Å². The zero-order chi connectivity index (χ0) is 22.3. The molecule has 4 atom stereocenters. The lowest BCUT2D eigenvalue weighted by molar-refractivity contribution is -0.301. The minimum absolute atomic E-state index is 0.00157. The SMILES string of the molecule is C[C@@H](O)[C@H]1C(=O)N2C(C(=O)[O-])=C(COc3cccc4c(CN=CN)cccc34)[C@H](C)[C@H]12.